The van der Waals surface area contributed by atoms with Gasteiger partial charge in [-0.2, -0.15) is 0 Å². The van der Waals surface area contributed by atoms with E-state index < -0.39 is 0 Å². The number of hydrogen-bond acceptors (Lipinski definition) is 2. The minimum absolute atomic E-state index is 0.0153. The van der Waals surface area contributed by atoms with Crippen LogP contribution in [0.25, 0.3) is 0 Å². The number of anilines is 1. The maximum absolute atomic E-state index is 12.1. The monoisotopic (exact) mass is 295 g/mol. The van der Waals surface area contributed by atoms with Gasteiger partial charge in [0.05, 0.1) is 6.04 Å². The quantitative estimate of drug-likeness (QED) is 0.941. The maximum Gasteiger partial charge on any atom is 0.317 e. The Hall–Kier alpha value is -2.49. The molecule has 0 atom stereocenters. The summed E-state index contributed by atoms with van der Waals surface area (Å²) in [6.07, 6.45) is 0. The number of nitrogens with zero attached hydrogens (tertiary/aromatic N) is 2. The molecule has 1 N–H and O–H groups in total. The molecule has 1 fully saturated rings. The van der Waals surface area contributed by atoms with Crippen LogP contribution in [0.1, 0.15) is 5.56 Å². The number of carbonyl (C=O) groups is 1. The Morgan fingerprint density at radius 3 is 2.32 bits per heavy atom. The molecule has 0 radical (unpaired) electrons. The summed E-state index contributed by atoms with van der Waals surface area (Å²) in [4.78, 5) is 16.2. The van der Waals surface area contributed by atoms with Crippen molar-refractivity contribution in [1.29, 1.82) is 0 Å². The molecule has 0 aliphatic carbocycles. The van der Waals surface area contributed by atoms with Crippen molar-refractivity contribution >= 4 is 11.7 Å². The maximum atomic E-state index is 12.1. The molecule has 1 aliphatic rings. The number of hydrogen-bond donors (Lipinski definition) is 1. The van der Waals surface area contributed by atoms with Crippen molar-refractivity contribution in [3.8, 4) is 0 Å². The van der Waals surface area contributed by atoms with Gasteiger partial charge in [0.1, 0.15) is 0 Å². The van der Waals surface area contributed by atoms with E-state index in [4.69, 9.17) is 0 Å². The van der Waals surface area contributed by atoms with E-state index in [2.05, 4.69) is 29.4 Å². The Labute approximate surface area is 131 Å². The van der Waals surface area contributed by atoms with E-state index in [0.717, 1.165) is 18.7 Å². The number of likely N-dealkylation sites (N-methyl/N-ethyl adjacent to an activating group) is 1. The number of amides is 2. The highest BCUT2D eigenvalue weighted by molar-refractivity contribution is 5.75. The summed E-state index contributed by atoms with van der Waals surface area (Å²) in [5, 5.41) is 2.97. The number of urea groups is 1. The van der Waals surface area contributed by atoms with Crippen molar-refractivity contribution in [1.82, 2.24) is 10.2 Å². The topological polar surface area (TPSA) is 35.6 Å². The molecule has 0 bridgehead atoms. The van der Waals surface area contributed by atoms with Gasteiger partial charge >= 0.3 is 6.03 Å². The molecule has 3 rings (SSSR count). The van der Waals surface area contributed by atoms with Gasteiger partial charge in [0.25, 0.3) is 0 Å². The molecule has 1 aliphatic heterocycles. The van der Waals surface area contributed by atoms with Crippen LogP contribution in [0, 0.1) is 0 Å². The van der Waals surface area contributed by atoms with Crippen molar-refractivity contribution in [2.24, 2.45) is 0 Å². The fraction of sp³-hybridized carbons (Fsp3) is 0.278. The van der Waals surface area contributed by atoms with E-state index in [1.54, 1.807) is 0 Å². The van der Waals surface area contributed by atoms with Gasteiger partial charge < -0.3 is 15.1 Å². The molecular formula is C18H21N3O. The summed E-state index contributed by atoms with van der Waals surface area (Å²) in [6, 6.07) is 20.7. The average Bonchev–Trinajstić information content (AvgIpc) is 2.53. The van der Waals surface area contributed by atoms with Crippen LogP contribution in [0.3, 0.4) is 0 Å². The van der Waals surface area contributed by atoms with Crippen molar-refractivity contribution in [2.75, 3.05) is 25.0 Å². The molecule has 2 aromatic rings. The van der Waals surface area contributed by atoms with E-state index in [1.807, 2.05) is 53.4 Å². The molecular weight excluding hydrogens is 274 g/mol. The molecule has 0 saturated carbocycles. The van der Waals surface area contributed by atoms with Crippen LogP contribution in [-0.4, -0.2) is 37.1 Å². The largest absolute Gasteiger partial charge is 0.368 e. The second-order valence-electron chi connectivity index (χ2n) is 5.65. The third-order valence-electron chi connectivity index (χ3n) is 4.15. The highest BCUT2D eigenvalue weighted by Crippen LogP contribution is 2.20. The van der Waals surface area contributed by atoms with Gasteiger partial charge in [0.2, 0.25) is 0 Å². The summed E-state index contributed by atoms with van der Waals surface area (Å²) in [7, 11) is 2.08. The third kappa shape index (κ3) is 3.22. The molecule has 4 nitrogen and oxygen atoms in total. The van der Waals surface area contributed by atoms with Gasteiger partial charge in [-0.3, -0.25) is 0 Å². The Morgan fingerprint density at radius 2 is 1.68 bits per heavy atom. The van der Waals surface area contributed by atoms with Crippen molar-refractivity contribution in [3.63, 3.8) is 0 Å². The van der Waals surface area contributed by atoms with E-state index in [-0.39, 0.29) is 6.03 Å². The normalized spacial score (nSPS) is 14.3. The average molecular weight is 295 g/mol. The first-order chi connectivity index (χ1) is 10.7. The molecule has 1 saturated heterocycles. The molecule has 0 aromatic heterocycles. The Kier molecular flexibility index (Phi) is 4.28. The minimum Gasteiger partial charge on any atom is -0.368 e. The van der Waals surface area contributed by atoms with Gasteiger partial charge in [-0.15, -0.1) is 0 Å². The Bertz CT molecular complexity index is 609. The van der Waals surface area contributed by atoms with Crippen molar-refractivity contribution < 1.29 is 4.79 Å². The van der Waals surface area contributed by atoms with Crippen molar-refractivity contribution in [3.05, 3.63) is 66.2 Å². The Balaban J connectivity index is 1.46. The van der Waals surface area contributed by atoms with Crippen molar-refractivity contribution in [2.45, 2.75) is 12.6 Å². The summed E-state index contributed by atoms with van der Waals surface area (Å²) < 4.78 is 0. The first-order valence-corrected chi connectivity index (χ1v) is 7.58. The highest BCUT2D eigenvalue weighted by atomic mass is 16.2. The summed E-state index contributed by atoms with van der Waals surface area (Å²) >= 11 is 0. The first kappa shape index (κ1) is 14.4. The van der Waals surface area contributed by atoms with Crippen LogP contribution in [0.2, 0.25) is 0 Å². The molecule has 22 heavy (non-hydrogen) atoms. The van der Waals surface area contributed by atoms with Crippen LogP contribution in [0.5, 0.6) is 0 Å². The number of carbonyl (C=O) groups excluding carboxylic acids is 1. The summed E-state index contributed by atoms with van der Waals surface area (Å²) in [5.41, 5.74) is 2.31. The number of nitrogens with one attached hydrogen (secondary N) is 1. The van der Waals surface area contributed by atoms with Crippen LogP contribution in [0.4, 0.5) is 10.5 Å². The zero-order chi connectivity index (χ0) is 15.4. The standard InChI is InChI=1S/C18H21N3O/c1-20(16-10-6-3-7-11-16)17-13-21(14-17)18(22)19-12-15-8-4-2-5-9-15/h2-11,17H,12-14H2,1H3,(H,19,22). The van der Waals surface area contributed by atoms with E-state index in [0.29, 0.717) is 12.6 Å². The first-order valence-electron chi connectivity index (χ1n) is 7.58. The fourth-order valence-corrected chi connectivity index (χ4v) is 2.63. The van der Waals surface area contributed by atoms with Crippen LogP contribution in [-0.2, 0) is 6.54 Å². The molecule has 2 aromatic carbocycles. The van der Waals surface area contributed by atoms with Crippen LogP contribution in [0.15, 0.2) is 60.7 Å². The minimum atomic E-state index is 0.0153. The SMILES string of the molecule is CN(c1ccccc1)C1CN(C(=O)NCc2ccccc2)C1. The number of likely N-dealkylation sites (tertiary alicyclic amines) is 1. The van der Waals surface area contributed by atoms with E-state index in [1.165, 1.54) is 5.69 Å². The molecule has 114 valence electrons. The molecule has 1 heterocycles. The lowest BCUT2D eigenvalue weighted by Gasteiger charge is -2.44. The molecule has 0 unspecified atom stereocenters. The number of benzene rings is 2. The number of rotatable bonds is 4. The second-order valence-corrected chi connectivity index (χ2v) is 5.65. The van der Waals surface area contributed by atoms with Crippen LogP contribution >= 0.6 is 0 Å². The smallest absolute Gasteiger partial charge is 0.317 e. The van der Waals surface area contributed by atoms with Gasteiger partial charge in [-0.1, -0.05) is 48.5 Å². The second kappa shape index (κ2) is 6.52. The molecule has 4 heteroatoms. The predicted octanol–water partition coefficient (Wildman–Crippen LogP) is 2.72. The van der Waals surface area contributed by atoms with Gasteiger partial charge in [0.15, 0.2) is 0 Å². The Morgan fingerprint density at radius 1 is 1.09 bits per heavy atom. The predicted molar refractivity (Wildman–Crippen MR) is 88.9 cm³/mol. The highest BCUT2D eigenvalue weighted by Gasteiger charge is 2.33. The lowest BCUT2D eigenvalue weighted by Crippen LogP contribution is -2.62. The fourth-order valence-electron chi connectivity index (χ4n) is 2.63. The zero-order valence-corrected chi connectivity index (χ0v) is 12.8. The van der Waals surface area contributed by atoms with Gasteiger partial charge in [-0.05, 0) is 17.7 Å². The van der Waals surface area contributed by atoms with E-state index in [9.17, 15) is 4.79 Å². The zero-order valence-electron chi connectivity index (χ0n) is 12.8. The van der Waals surface area contributed by atoms with Gasteiger partial charge in [-0.25, -0.2) is 4.79 Å². The third-order valence-corrected chi connectivity index (χ3v) is 4.15. The van der Waals surface area contributed by atoms with Gasteiger partial charge in [0, 0.05) is 32.4 Å². The van der Waals surface area contributed by atoms with E-state index >= 15 is 0 Å². The molecule has 2 amide bonds. The lowest BCUT2D eigenvalue weighted by atomic mass is 10.1. The summed E-state index contributed by atoms with van der Waals surface area (Å²) in [6.45, 7) is 2.12. The number of para-hydroxylation sites is 1. The summed E-state index contributed by atoms with van der Waals surface area (Å²) in [5.74, 6) is 0. The lowest BCUT2D eigenvalue weighted by molar-refractivity contribution is 0.150. The molecule has 0 spiro atoms. The van der Waals surface area contributed by atoms with Crippen LogP contribution < -0.4 is 10.2 Å².